The van der Waals surface area contributed by atoms with Gasteiger partial charge in [0, 0.05) is 5.02 Å². The lowest BCUT2D eigenvalue weighted by Crippen LogP contribution is -2.43. The summed E-state index contributed by atoms with van der Waals surface area (Å²) in [6, 6.07) is 3.42. The van der Waals surface area contributed by atoms with Gasteiger partial charge in [0.25, 0.3) is 0 Å². The number of halogens is 1. The van der Waals surface area contributed by atoms with Crippen LogP contribution in [0.15, 0.2) is 23.1 Å². The summed E-state index contributed by atoms with van der Waals surface area (Å²) in [6.45, 7) is 0. The van der Waals surface area contributed by atoms with E-state index in [9.17, 15) is 18.0 Å². The molecule has 1 rings (SSSR count). The van der Waals surface area contributed by atoms with Crippen molar-refractivity contribution < 1.29 is 23.1 Å². The molecule has 1 atom stereocenters. The molecule has 0 unspecified atom stereocenters. The minimum atomic E-state index is -4.36. The Morgan fingerprint density at radius 3 is 2.57 bits per heavy atom. The second kappa shape index (κ2) is 6.53. The van der Waals surface area contributed by atoms with Crippen LogP contribution in [0.4, 0.5) is 0 Å². The molecule has 0 heterocycles. The van der Waals surface area contributed by atoms with Crippen molar-refractivity contribution in [1.82, 2.24) is 4.72 Å². The molecule has 0 aromatic heterocycles. The summed E-state index contributed by atoms with van der Waals surface area (Å²) < 4.78 is 26.1. The summed E-state index contributed by atoms with van der Waals surface area (Å²) in [7, 11) is -4.36. The number of sulfonamides is 1. The van der Waals surface area contributed by atoms with Gasteiger partial charge in [-0.05, 0) is 18.2 Å². The van der Waals surface area contributed by atoms with E-state index >= 15 is 0 Å². The smallest absolute Gasteiger partial charge is 0.322 e. The van der Waals surface area contributed by atoms with Gasteiger partial charge >= 0.3 is 5.97 Å². The fourth-order valence-corrected chi connectivity index (χ4v) is 3.05. The highest BCUT2D eigenvalue weighted by Gasteiger charge is 2.28. The molecule has 0 saturated carbocycles. The third-order valence-electron chi connectivity index (χ3n) is 2.35. The first-order chi connectivity index (χ1) is 9.67. The summed E-state index contributed by atoms with van der Waals surface area (Å²) in [5, 5.41) is 17.8. The largest absolute Gasteiger partial charge is 0.480 e. The van der Waals surface area contributed by atoms with Gasteiger partial charge in [-0.1, -0.05) is 11.6 Å². The van der Waals surface area contributed by atoms with E-state index in [1.165, 1.54) is 12.1 Å². The summed E-state index contributed by atoms with van der Waals surface area (Å²) >= 11 is 5.67. The van der Waals surface area contributed by atoms with Crippen molar-refractivity contribution in [2.45, 2.75) is 17.4 Å². The van der Waals surface area contributed by atoms with Crippen molar-refractivity contribution in [3.8, 4) is 6.07 Å². The van der Waals surface area contributed by atoms with E-state index in [-0.39, 0.29) is 10.6 Å². The number of carboxylic acid groups (broad SMARTS) is 1. The Kier molecular flexibility index (Phi) is 5.26. The van der Waals surface area contributed by atoms with E-state index in [1.807, 2.05) is 0 Å². The number of hydrogen-bond acceptors (Lipinski definition) is 5. The Hall–Kier alpha value is -2.15. The minimum absolute atomic E-state index is 0.0520. The molecule has 0 aliphatic heterocycles. The highest BCUT2D eigenvalue weighted by atomic mass is 35.5. The Labute approximate surface area is 125 Å². The maximum Gasteiger partial charge on any atom is 0.322 e. The van der Waals surface area contributed by atoms with Crippen LogP contribution in [0.3, 0.4) is 0 Å². The molecule has 1 aromatic rings. The zero-order chi connectivity index (χ0) is 16.2. The number of rotatable bonds is 6. The highest BCUT2D eigenvalue weighted by molar-refractivity contribution is 7.89. The fraction of sp³-hybridized carbons (Fsp3) is 0.182. The number of carbonyl (C=O) groups is 2. The molecule has 0 bridgehead atoms. The minimum Gasteiger partial charge on any atom is -0.480 e. The molecular weight excluding hydrogens is 322 g/mol. The molecule has 0 aliphatic carbocycles. The van der Waals surface area contributed by atoms with Gasteiger partial charge in [-0.25, -0.2) is 8.42 Å². The normalized spacial score (nSPS) is 12.4. The third-order valence-corrected chi connectivity index (χ3v) is 4.10. The van der Waals surface area contributed by atoms with Crippen LogP contribution < -0.4 is 10.5 Å². The first kappa shape index (κ1) is 16.9. The lowest BCUT2D eigenvalue weighted by Gasteiger charge is -2.14. The molecule has 10 heteroatoms. The van der Waals surface area contributed by atoms with Gasteiger partial charge in [-0.15, -0.1) is 0 Å². The van der Waals surface area contributed by atoms with Crippen molar-refractivity contribution in [1.29, 1.82) is 5.26 Å². The number of nitrogens with one attached hydrogen (secondary N) is 1. The molecule has 1 aromatic carbocycles. The predicted octanol–water partition coefficient (Wildman–Crippen LogP) is -0.181. The van der Waals surface area contributed by atoms with Crippen LogP contribution in [-0.2, 0) is 19.6 Å². The zero-order valence-corrected chi connectivity index (χ0v) is 12.0. The van der Waals surface area contributed by atoms with Gasteiger partial charge < -0.3 is 10.8 Å². The van der Waals surface area contributed by atoms with Crippen LogP contribution in [0.1, 0.15) is 12.0 Å². The fourth-order valence-electron chi connectivity index (χ4n) is 1.44. The van der Waals surface area contributed by atoms with Crippen LogP contribution >= 0.6 is 11.6 Å². The van der Waals surface area contributed by atoms with Crippen molar-refractivity contribution in [3.05, 3.63) is 28.8 Å². The monoisotopic (exact) mass is 331 g/mol. The van der Waals surface area contributed by atoms with Crippen LogP contribution in [-0.4, -0.2) is 31.4 Å². The van der Waals surface area contributed by atoms with Crippen LogP contribution in [0.25, 0.3) is 0 Å². The molecule has 0 spiro atoms. The molecular formula is C11H10ClN3O5S. The molecule has 21 heavy (non-hydrogen) atoms. The number of amides is 1. The Bertz CT molecular complexity index is 726. The zero-order valence-electron chi connectivity index (χ0n) is 10.4. The second-order valence-electron chi connectivity index (χ2n) is 3.93. The number of carbonyl (C=O) groups excluding carboxylic acids is 1. The summed E-state index contributed by atoms with van der Waals surface area (Å²) in [6.07, 6.45) is -0.725. The SMILES string of the molecule is N#Cc1ccc(Cl)cc1S(=O)(=O)N[C@H](CC(N)=O)C(=O)O. The van der Waals surface area contributed by atoms with Crippen LogP contribution in [0.5, 0.6) is 0 Å². The first-order valence-electron chi connectivity index (χ1n) is 5.40. The number of nitrogens with zero attached hydrogens (tertiary/aromatic N) is 1. The maximum absolute atomic E-state index is 12.1. The Morgan fingerprint density at radius 1 is 1.48 bits per heavy atom. The van der Waals surface area contributed by atoms with Crippen molar-refractivity contribution >= 4 is 33.5 Å². The highest BCUT2D eigenvalue weighted by Crippen LogP contribution is 2.20. The van der Waals surface area contributed by atoms with E-state index in [4.69, 9.17) is 27.7 Å². The molecule has 1 amide bonds. The quantitative estimate of drug-likeness (QED) is 0.657. The summed E-state index contributed by atoms with van der Waals surface area (Å²) in [5.74, 6) is -2.56. The Balaban J connectivity index is 3.22. The number of nitriles is 1. The number of benzene rings is 1. The van der Waals surface area contributed by atoms with Gasteiger partial charge in [-0.2, -0.15) is 9.98 Å². The van der Waals surface area contributed by atoms with Gasteiger partial charge in [0.2, 0.25) is 15.9 Å². The van der Waals surface area contributed by atoms with Gasteiger partial charge in [0.15, 0.2) is 0 Å². The van der Waals surface area contributed by atoms with Crippen LogP contribution in [0, 0.1) is 11.3 Å². The molecule has 0 fully saturated rings. The average molecular weight is 332 g/mol. The Morgan fingerprint density at radius 2 is 2.10 bits per heavy atom. The van der Waals surface area contributed by atoms with Gasteiger partial charge in [0.1, 0.15) is 17.0 Å². The summed E-state index contributed by atoms with van der Waals surface area (Å²) in [5.41, 5.74) is 4.65. The number of aliphatic carboxylic acids is 1. The van der Waals surface area contributed by atoms with Gasteiger partial charge in [0.05, 0.1) is 12.0 Å². The molecule has 112 valence electrons. The lowest BCUT2D eigenvalue weighted by molar-refractivity contribution is -0.140. The molecule has 0 radical (unpaired) electrons. The lowest BCUT2D eigenvalue weighted by atomic mass is 10.2. The van der Waals surface area contributed by atoms with E-state index in [1.54, 1.807) is 10.8 Å². The predicted molar refractivity (Wildman–Crippen MR) is 71.7 cm³/mol. The second-order valence-corrected chi connectivity index (χ2v) is 6.05. The number of primary amides is 1. The number of nitrogens with two attached hydrogens (primary N) is 1. The first-order valence-corrected chi connectivity index (χ1v) is 7.26. The number of hydrogen-bond donors (Lipinski definition) is 3. The average Bonchev–Trinajstić information content (AvgIpc) is 2.37. The van der Waals surface area contributed by atoms with Crippen LogP contribution in [0.2, 0.25) is 5.02 Å². The maximum atomic E-state index is 12.1. The number of carboxylic acids is 1. The van der Waals surface area contributed by atoms with Crippen molar-refractivity contribution in [2.24, 2.45) is 5.73 Å². The van der Waals surface area contributed by atoms with Crippen molar-refractivity contribution in [3.63, 3.8) is 0 Å². The topological polar surface area (TPSA) is 150 Å². The van der Waals surface area contributed by atoms with Crippen molar-refractivity contribution in [2.75, 3.05) is 0 Å². The molecule has 0 saturated heterocycles. The molecule has 8 nitrogen and oxygen atoms in total. The third kappa shape index (κ3) is 4.42. The molecule has 0 aliphatic rings. The van der Waals surface area contributed by atoms with E-state index in [2.05, 4.69) is 0 Å². The summed E-state index contributed by atoms with van der Waals surface area (Å²) in [4.78, 5) is 21.2. The standard InChI is InChI=1S/C11H10ClN3O5S/c12-7-2-1-6(5-13)9(3-7)21(19,20)15-8(11(17)18)4-10(14)16/h1-3,8,15H,4H2,(H2,14,16)(H,17,18)/t8-/m1/s1. The van der Waals surface area contributed by atoms with E-state index < -0.39 is 39.3 Å². The molecule has 4 N–H and O–H groups in total. The van der Waals surface area contributed by atoms with Gasteiger partial charge in [-0.3, -0.25) is 9.59 Å². The van der Waals surface area contributed by atoms with E-state index in [0.29, 0.717) is 0 Å². The van der Waals surface area contributed by atoms with E-state index in [0.717, 1.165) is 6.07 Å².